The normalized spacial score (nSPS) is 14.9. The van der Waals surface area contributed by atoms with Crippen LogP contribution < -0.4 is 10.3 Å². The van der Waals surface area contributed by atoms with Crippen LogP contribution in [0.4, 0.5) is 0 Å². The Bertz CT molecular complexity index is 939. The van der Waals surface area contributed by atoms with Crippen molar-refractivity contribution in [2.75, 3.05) is 13.1 Å². The van der Waals surface area contributed by atoms with Crippen LogP contribution in [-0.4, -0.2) is 55.0 Å². The molecule has 0 saturated carbocycles. The molecule has 3 aromatic heterocycles. The summed E-state index contributed by atoms with van der Waals surface area (Å²) >= 11 is 0. The Balaban J connectivity index is 1.32. The van der Waals surface area contributed by atoms with Crippen molar-refractivity contribution in [2.24, 2.45) is 0 Å². The zero-order valence-corrected chi connectivity index (χ0v) is 14.5. The minimum absolute atomic E-state index is 0.0190. The number of H-pyrrole nitrogens is 1. The Labute approximate surface area is 154 Å². The number of hydrogen-bond donors (Lipinski definition) is 1. The van der Waals surface area contributed by atoms with Crippen molar-refractivity contribution in [3.8, 4) is 11.7 Å². The van der Waals surface area contributed by atoms with Crippen LogP contribution in [0.3, 0.4) is 0 Å². The lowest BCUT2D eigenvalue weighted by Gasteiger charge is -2.31. The molecule has 0 radical (unpaired) electrons. The second-order valence-corrected chi connectivity index (χ2v) is 6.23. The van der Waals surface area contributed by atoms with E-state index in [2.05, 4.69) is 20.3 Å². The van der Waals surface area contributed by atoms with Crippen LogP contribution in [0.15, 0.2) is 53.7 Å². The van der Waals surface area contributed by atoms with E-state index in [0.717, 1.165) is 0 Å². The zero-order valence-electron chi connectivity index (χ0n) is 14.5. The van der Waals surface area contributed by atoms with E-state index in [1.54, 1.807) is 40.2 Å². The van der Waals surface area contributed by atoms with Gasteiger partial charge in [-0.2, -0.15) is 5.10 Å². The number of amides is 1. The third-order valence-electron chi connectivity index (χ3n) is 4.41. The highest BCUT2D eigenvalue weighted by Gasteiger charge is 2.25. The second-order valence-electron chi connectivity index (χ2n) is 6.23. The summed E-state index contributed by atoms with van der Waals surface area (Å²) in [6.45, 7) is 1.17. The summed E-state index contributed by atoms with van der Waals surface area (Å²) in [5.41, 5.74) is 0.257. The first-order valence-electron chi connectivity index (χ1n) is 8.67. The zero-order chi connectivity index (χ0) is 18.6. The summed E-state index contributed by atoms with van der Waals surface area (Å²) in [5, 5.41) is 12.3. The first-order valence-corrected chi connectivity index (χ1v) is 8.67. The molecule has 4 rings (SSSR count). The highest BCUT2D eigenvalue weighted by atomic mass is 16.5. The first kappa shape index (κ1) is 17.0. The van der Waals surface area contributed by atoms with Crippen LogP contribution in [-0.2, 0) is 0 Å². The number of carbonyl (C=O) groups is 1. The molecule has 1 aliphatic heterocycles. The van der Waals surface area contributed by atoms with Crippen molar-refractivity contribution >= 4 is 5.91 Å². The molecule has 1 fully saturated rings. The number of carbonyl (C=O) groups excluding carboxylic acids is 1. The minimum atomic E-state index is -0.224. The molecule has 0 bridgehead atoms. The van der Waals surface area contributed by atoms with E-state index >= 15 is 0 Å². The van der Waals surface area contributed by atoms with Gasteiger partial charge in [0.1, 0.15) is 6.10 Å². The molecule has 9 nitrogen and oxygen atoms in total. The Morgan fingerprint density at radius 2 is 2.00 bits per heavy atom. The van der Waals surface area contributed by atoms with Crippen molar-refractivity contribution in [1.82, 2.24) is 29.9 Å². The lowest BCUT2D eigenvalue weighted by Crippen LogP contribution is -2.42. The summed E-state index contributed by atoms with van der Waals surface area (Å²) in [4.78, 5) is 27.9. The standard InChI is InChI=1S/C18H18N6O3/c25-16-4-2-13(12-19-16)18(26)23-10-6-14(7-11-23)27-17-5-3-15(21-22-17)24-9-1-8-20-24/h1-5,8-9,12,14H,6-7,10-11H2,(H,19,25). The maximum Gasteiger partial charge on any atom is 0.255 e. The maximum absolute atomic E-state index is 12.5. The fourth-order valence-corrected chi connectivity index (χ4v) is 2.98. The number of likely N-dealkylation sites (tertiary alicyclic amines) is 1. The van der Waals surface area contributed by atoms with Crippen LogP contribution in [0.25, 0.3) is 5.82 Å². The van der Waals surface area contributed by atoms with E-state index in [9.17, 15) is 9.59 Å². The van der Waals surface area contributed by atoms with Gasteiger partial charge in [0, 0.05) is 56.7 Å². The SMILES string of the molecule is O=C(c1ccc(=O)[nH]c1)N1CCC(Oc2ccc(-n3cccn3)nn2)CC1. The molecule has 9 heteroatoms. The summed E-state index contributed by atoms with van der Waals surface area (Å²) in [7, 11) is 0. The maximum atomic E-state index is 12.5. The largest absolute Gasteiger partial charge is 0.473 e. The van der Waals surface area contributed by atoms with Gasteiger partial charge in [0.2, 0.25) is 11.4 Å². The quantitative estimate of drug-likeness (QED) is 0.739. The van der Waals surface area contributed by atoms with Crippen molar-refractivity contribution in [1.29, 1.82) is 0 Å². The molecule has 1 N–H and O–H groups in total. The van der Waals surface area contributed by atoms with Crippen molar-refractivity contribution < 1.29 is 9.53 Å². The van der Waals surface area contributed by atoms with Crippen LogP contribution in [0.1, 0.15) is 23.2 Å². The number of pyridine rings is 1. The van der Waals surface area contributed by atoms with E-state index in [-0.39, 0.29) is 17.6 Å². The first-order chi connectivity index (χ1) is 13.2. The molecule has 0 unspecified atom stereocenters. The van der Waals surface area contributed by atoms with Crippen molar-refractivity contribution in [2.45, 2.75) is 18.9 Å². The average Bonchev–Trinajstić information content (AvgIpc) is 3.24. The van der Waals surface area contributed by atoms with E-state index in [0.29, 0.717) is 43.2 Å². The van der Waals surface area contributed by atoms with Gasteiger partial charge in [0.05, 0.1) is 5.56 Å². The van der Waals surface area contributed by atoms with Gasteiger partial charge in [0.25, 0.3) is 5.91 Å². The number of nitrogens with zero attached hydrogens (tertiary/aromatic N) is 5. The molecular formula is C18H18N6O3. The van der Waals surface area contributed by atoms with E-state index < -0.39 is 0 Å². The molecule has 1 aliphatic rings. The summed E-state index contributed by atoms with van der Waals surface area (Å²) in [5.74, 6) is 0.984. The highest BCUT2D eigenvalue weighted by molar-refractivity contribution is 5.93. The smallest absolute Gasteiger partial charge is 0.255 e. The van der Waals surface area contributed by atoms with Crippen LogP contribution in [0, 0.1) is 0 Å². The van der Waals surface area contributed by atoms with Gasteiger partial charge < -0.3 is 14.6 Å². The third kappa shape index (κ3) is 3.86. The second kappa shape index (κ2) is 7.40. The van der Waals surface area contributed by atoms with Crippen LogP contribution in [0.2, 0.25) is 0 Å². The van der Waals surface area contributed by atoms with Crippen molar-refractivity contribution in [3.63, 3.8) is 0 Å². The summed E-state index contributed by atoms with van der Waals surface area (Å²) < 4.78 is 7.51. The number of nitrogens with one attached hydrogen (secondary N) is 1. The summed E-state index contributed by atoms with van der Waals surface area (Å²) in [6.07, 6.45) is 6.31. The van der Waals surface area contributed by atoms with E-state index in [1.807, 2.05) is 6.07 Å². The Morgan fingerprint density at radius 1 is 1.15 bits per heavy atom. The molecule has 0 atom stereocenters. The van der Waals surface area contributed by atoms with Crippen LogP contribution in [0.5, 0.6) is 5.88 Å². The topological polar surface area (TPSA) is 106 Å². The van der Waals surface area contributed by atoms with Gasteiger partial charge in [-0.25, -0.2) is 4.68 Å². The number of ether oxygens (including phenoxy) is 1. The van der Waals surface area contributed by atoms with Gasteiger partial charge >= 0.3 is 0 Å². The van der Waals surface area contributed by atoms with Gasteiger partial charge in [-0.05, 0) is 18.2 Å². The van der Waals surface area contributed by atoms with E-state index in [4.69, 9.17) is 4.74 Å². The Kier molecular flexibility index (Phi) is 4.65. The predicted octanol–water partition coefficient (Wildman–Crippen LogP) is 1.03. The highest BCUT2D eigenvalue weighted by Crippen LogP contribution is 2.18. The molecular weight excluding hydrogens is 348 g/mol. The molecule has 4 heterocycles. The molecule has 3 aromatic rings. The number of rotatable bonds is 4. The average molecular weight is 366 g/mol. The number of aromatic nitrogens is 5. The number of aromatic amines is 1. The molecule has 0 spiro atoms. The number of hydrogen-bond acceptors (Lipinski definition) is 6. The molecule has 1 saturated heterocycles. The Hall–Kier alpha value is -3.49. The fourth-order valence-electron chi connectivity index (χ4n) is 2.98. The minimum Gasteiger partial charge on any atom is -0.473 e. The van der Waals surface area contributed by atoms with Gasteiger partial charge in [-0.3, -0.25) is 9.59 Å². The van der Waals surface area contributed by atoms with Gasteiger partial charge in [0.15, 0.2) is 5.82 Å². The monoisotopic (exact) mass is 366 g/mol. The van der Waals surface area contributed by atoms with Gasteiger partial charge in [-0.15, -0.1) is 10.2 Å². The molecule has 0 aliphatic carbocycles. The lowest BCUT2D eigenvalue weighted by molar-refractivity contribution is 0.0585. The van der Waals surface area contributed by atoms with Crippen molar-refractivity contribution in [3.05, 3.63) is 64.8 Å². The molecule has 138 valence electrons. The molecule has 27 heavy (non-hydrogen) atoms. The fraction of sp³-hybridized carbons (Fsp3) is 0.278. The van der Waals surface area contributed by atoms with E-state index in [1.165, 1.54) is 12.3 Å². The Morgan fingerprint density at radius 3 is 2.63 bits per heavy atom. The predicted molar refractivity (Wildman–Crippen MR) is 95.8 cm³/mol. The lowest BCUT2D eigenvalue weighted by atomic mass is 10.1. The number of piperidine rings is 1. The molecule has 1 amide bonds. The molecule has 0 aromatic carbocycles. The van der Waals surface area contributed by atoms with Gasteiger partial charge in [-0.1, -0.05) is 0 Å². The van der Waals surface area contributed by atoms with Crippen LogP contribution >= 0.6 is 0 Å². The third-order valence-corrected chi connectivity index (χ3v) is 4.41. The summed E-state index contributed by atoms with van der Waals surface area (Å²) in [6, 6.07) is 8.27.